The summed E-state index contributed by atoms with van der Waals surface area (Å²) >= 11 is 8.78. The van der Waals surface area contributed by atoms with Gasteiger partial charge in [-0.1, -0.05) is 41.1 Å². The molecule has 1 heterocycles. The van der Waals surface area contributed by atoms with Crippen LogP contribution in [0.4, 0.5) is 4.39 Å². The maximum atomic E-state index is 13.8. The van der Waals surface area contributed by atoms with E-state index >= 15 is 0 Å². The number of aryl methyl sites for hydroxylation is 1. The SMILES string of the molecule is CCCc1n[nH]c(=S)n1NCc1cc(Br)ccc1OCc1ccccc1F. The van der Waals surface area contributed by atoms with Crippen LogP contribution >= 0.6 is 28.1 Å². The Balaban J connectivity index is 1.76. The van der Waals surface area contributed by atoms with E-state index in [-0.39, 0.29) is 12.4 Å². The Hall–Kier alpha value is -2.19. The number of aromatic nitrogens is 3. The fraction of sp³-hybridized carbons (Fsp3) is 0.263. The molecule has 8 heteroatoms. The molecule has 142 valence electrons. The van der Waals surface area contributed by atoms with Gasteiger partial charge in [-0.05, 0) is 42.9 Å². The van der Waals surface area contributed by atoms with Crippen LogP contribution in [0.15, 0.2) is 46.9 Å². The van der Waals surface area contributed by atoms with Crippen molar-refractivity contribution in [3.8, 4) is 5.75 Å². The van der Waals surface area contributed by atoms with E-state index in [0.717, 1.165) is 28.7 Å². The van der Waals surface area contributed by atoms with Crippen LogP contribution < -0.4 is 10.2 Å². The lowest BCUT2D eigenvalue weighted by Gasteiger charge is -2.15. The quantitative estimate of drug-likeness (QED) is 0.467. The topological polar surface area (TPSA) is 54.9 Å². The third kappa shape index (κ3) is 4.95. The minimum Gasteiger partial charge on any atom is -0.488 e. The molecule has 1 aromatic heterocycles. The van der Waals surface area contributed by atoms with Gasteiger partial charge in [-0.25, -0.2) is 9.07 Å². The minimum absolute atomic E-state index is 0.160. The van der Waals surface area contributed by atoms with Crippen molar-refractivity contribution in [2.45, 2.75) is 32.9 Å². The van der Waals surface area contributed by atoms with Crippen molar-refractivity contribution in [1.29, 1.82) is 0 Å². The highest BCUT2D eigenvalue weighted by molar-refractivity contribution is 9.10. The molecule has 0 unspecified atom stereocenters. The highest BCUT2D eigenvalue weighted by Gasteiger charge is 2.10. The molecule has 0 radical (unpaired) electrons. The Morgan fingerprint density at radius 2 is 2.07 bits per heavy atom. The van der Waals surface area contributed by atoms with Crippen LogP contribution in [0.5, 0.6) is 5.75 Å². The molecule has 0 aliphatic rings. The fourth-order valence-corrected chi connectivity index (χ4v) is 3.27. The molecule has 2 N–H and O–H groups in total. The summed E-state index contributed by atoms with van der Waals surface area (Å²) in [7, 11) is 0. The Morgan fingerprint density at radius 1 is 1.26 bits per heavy atom. The van der Waals surface area contributed by atoms with E-state index in [1.807, 2.05) is 18.2 Å². The average molecular weight is 451 g/mol. The van der Waals surface area contributed by atoms with Crippen molar-refractivity contribution in [2.75, 3.05) is 5.43 Å². The van der Waals surface area contributed by atoms with Crippen LogP contribution in [-0.2, 0) is 19.6 Å². The van der Waals surface area contributed by atoms with Crippen molar-refractivity contribution in [3.05, 3.63) is 74.5 Å². The van der Waals surface area contributed by atoms with Crippen molar-refractivity contribution in [2.24, 2.45) is 0 Å². The number of H-pyrrole nitrogens is 1. The molecule has 2 aromatic carbocycles. The zero-order chi connectivity index (χ0) is 19.2. The molecular formula is C19H20BrFN4OS. The van der Waals surface area contributed by atoms with E-state index in [2.05, 4.69) is 38.5 Å². The second-order valence-corrected chi connectivity index (χ2v) is 7.30. The first kappa shape index (κ1) is 19.6. The van der Waals surface area contributed by atoms with Crippen molar-refractivity contribution in [3.63, 3.8) is 0 Å². The first-order valence-corrected chi connectivity index (χ1v) is 9.83. The lowest BCUT2D eigenvalue weighted by atomic mass is 10.2. The van der Waals surface area contributed by atoms with Gasteiger partial charge in [0, 0.05) is 22.0 Å². The van der Waals surface area contributed by atoms with Crippen molar-refractivity contribution >= 4 is 28.1 Å². The molecule has 0 saturated carbocycles. The fourth-order valence-electron chi connectivity index (χ4n) is 2.65. The highest BCUT2D eigenvalue weighted by Crippen LogP contribution is 2.25. The molecular weight excluding hydrogens is 431 g/mol. The number of hydrogen-bond donors (Lipinski definition) is 2. The van der Waals surface area contributed by atoms with Crippen LogP contribution in [0.3, 0.4) is 0 Å². The molecule has 0 bridgehead atoms. The molecule has 3 aromatic rings. The Morgan fingerprint density at radius 3 is 2.85 bits per heavy atom. The standard InChI is InChI=1S/C19H20BrFN4OS/c1-2-5-18-23-24-19(27)25(18)22-11-14-10-15(20)8-9-17(14)26-12-13-6-3-4-7-16(13)21/h3-4,6-10,22H,2,5,11-12H2,1H3,(H,24,27). The Kier molecular flexibility index (Phi) is 6.63. The third-order valence-electron chi connectivity index (χ3n) is 4.01. The molecule has 3 rings (SSSR count). The number of nitrogens with one attached hydrogen (secondary N) is 2. The molecule has 0 fully saturated rings. The van der Waals surface area contributed by atoms with E-state index in [1.54, 1.807) is 22.9 Å². The number of halogens is 2. The molecule has 0 aliphatic carbocycles. The molecule has 0 aliphatic heterocycles. The first-order valence-electron chi connectivity index (χ1n) is 8.63. The van der Waals surface area contributed by atoms with E-state index in [9.17, 15) is 4.39 Å². The maximum absolute atomic E-state index is 13.8. The monoisotopic (exact) mass is 450 g/mol. The van der Waals surface area contributed by atoms with Gasteiger partial charge in [-0.2, -0.15) is 5.10 Å². The van der Waals surface area contributed by atoms with Gasteiger partial charge in [-0.15, -0.1) is 0 Å². The number of rotatable bonds is 8. The minimum atomic E-state index is -0.275. The van der Waals surface area contributed by atoms with Gasteiger partial charge >= 0.3 is 0 Å². The number of ether oxygens (including phenoxy) is 1. The summed E-state index contributed by atoms with van der Waals surface area (Å²) < 4.78 is 22.9. The average Bonchev–Trinajstić information content (AvgIpc) is 3.00. The molecule has 27 heavy (non-hydrogen) atoms. The predicted octanol–water partition coefficient (Wildman–Crippen LogP) is 5.12. The first-order chi connectivity index (χ1) is 13.1. The molecule has 0 saturated heterocycles. The van der Waals surface area contributed by atoms with Gasteiger partial charge < -0.3 is 10.2 Å². The summed E-state index contributed by atoms with van der Waals surface area (Å²) in [4.78, 5) is 0. The lowest BCUT2D eigenvalue weighted by molar-refractivity contribution is 0.296. The summed E-state index contributed by atoms with van der Waals surface area (Å²) in [6.07, 6.45) is 1.78. The number of aromatic amines is 1. The van der Waals surface area contributed by atoms with Crippen molar-refractivity contribution in [1.82, 2.24) is 14.9 Å². The van der Waals surface area contributed by atoms with Crippen LogP contribution in [-0.4, -0.2) is 14.9 Å². The lowest BCUT2D eigenvalue weighted by Crippen LogP contribution is -2.18. The third-order valence-corrected chi connectivity index (χ3v) is 4.77. The van der Waals surface area contributed by atoms with Crippen molar-refractivity contribution < 1.29 is 9.13 Å². The van der Waals surface area contributed by atoms with E-state index in [1.165, 1.54) is 6.07 Å². The summed E-state index contributed by atoms with van der Waals surface area (Å²) in [5.41, 5.74) is 4.72. The molecule has 0 amide bonds. The van der Waals surface area contributed by atoms with Crippen LogP contribution in [0.25, 0.3) is 0 Å². The highest BCUT2D eigenvalue weighted by atomic mass is 79.9. The smallest absolute Gasteiger partial charge is 0.214 e. The van der Waals surface area contributed by atoms with Gasteiger partial charge in [0.1, 0.15) is 18.2 Å². The largest absolute Gasteiger partial charge is 0.488 e. The number of nitrogens with zero attached hydrogens (tertiary/aromatic N) is 2. The second-order valence-electron chi connectivity index (χ2n) is 6.00. The molecule has 0 spiro atoms. The zero-order valence-electron chi connectivity index (χ0n) is 14.8. The van der Waals surface area contributed by atoms with Gasteiger partial charge in [0.05, 0.1) is 6.54 Å². The summed E-state index contributed by atoms with van der Waals surface area (Å²) in [6, 6.07) is 12.3. The van der Waals surface area contributed by atoms with E-state index in [4.69, 9.17) is 17.0 Å². The van der Waals surface area contributed by atoms with Crippen LogP contribution in [0, 0.1) is 10.6 Å². The maximum Gasteiger partial charge on any atom is 0.214 e. The van der Waals surface area contributed by atoms with Crippen LogP contribution in [0.1, 0.15) is 30.3 Å². The molecule has 0 atom stereocenters. The molecule has 5 nitrogen and oxygen atoms in total. The predicted molar refractivity (Wildman–Crippen MR) is 109 cm³/mol. The second kappa shape index (κ2) is 9.14. The van der Waals surface area contributed by atoms with E-state index in [0.29, 0.717) is 22.6 Å². The number of hydrogen-bond acceptors (Lipinski definition) is 4. The zero-order valence-corrected chi connectivity index (χ0v) is 17.2. The van der Waals surface area contributed by atoms with Crippen LogP contribution in [0.2, 0.25) is 0 Å². The Labute approximate surface area is 170 Å². The normalized spacial score (nSPS) is 10.8. The van der Waals surface area contributed by atoms with Gasteiger partial charge in [0.2, 0.25) is 4.77 Å². The number of benzene rings is 2. The van der Waals surface area contributed by atoms with Gasteiger partial charge in [0.15, 0.2) is 5.82 Å². The van der Waals surface area contributed by atoms with Gasteiger partial charge in [-0.3, -0.25) is 5.10 Å². The van der Waals surface area contributed by atoms with Gasteiger partial charge in [0.25, 0.3) is 0 Å². The summed E-state index contributed by atoms with van der Waals surface area (Å²) in [6.45, 7) is 2.73. The van der Waals surface area contributed by atoms with E-state index < -0.39 is 0 Å². The summed E-state index contributed by atoms with van der Waals surface area (Å²) in [5.74, 6) is 1.26. The summed E-state index contributed by atoms with van der Waals surface area (Å²) in [5, 5.41) is 7.05. The Bertz CT molecular complexity index is 972.